The summed E-state index contributed by atoms with van der Waals surface area (Å²) in [7, 11) is -4.02. The number of benzene rings is 1. The number of aryl methyl sites for hydroxylation is 1. The molecule has 3 rings (SSSR count). The largest absolute Gasteiger partial charge is 0.354 e. The number of hydrogen-bond acceptors (Lipinski definition) is 6. The van der Waals surface area contributed by atoms with E-state index in [1.54, 1.807) is 12.1 Å². The van der Waals surface area contributed by atoms with Crippen LogP contribution in [-0.4, -0.2) is 42.2 Å². The Kier molecular flexibility index (Phi) is 8.27. The lowest BCUT2D eigenvalue weighted by molar-refractivity contribution is -0.351. The fourth-order valence-corrected chi connectivity index (χ4v) is 4.40. The van der Waals surface area contributed by atoms with Gasteiger partial charge in [-0.3, -0.25) is 9.35 Å². The highest BCUT2D eigenvalue weighted by Crippen LogP contribution is 2.46. The normalized spacial score (nSPS) is 23.2. The lowest BCUT2D eigenvalue weighted by atomic mass is 9.77. The van der Waals surface area contributed by atoms with Gasteiger partial charge in [0.15, 0.2) is 0 Å². The topological polar surface area (TPSA) is 128 Å². The van der Waals surface area contributed by atoms with Crippen molar-refractivity contribution in [3.05, 3.63) is 29.8 Å². The molecule has 1 aliphatic heterocycles. The molecular formula is C22H36N2O6S. The van der Waals surface area contributed by atoms with E-state index in [0.29, 0.717) is 13.0 Å². The van der Waals surface area contributed by atoms with Crippen LogP contribution in [0.4, 0.5) is 0 Å². The molecular weight excluding hydrogens is 420 g/mol. The molecule has 4 N–H and O–H groups in total. The van der Waals surface area contributed by atoms with E-state index in [9.17, 15) is 13.2 Å². The molecule has 1 aromatic rings. The average molecular weight is 457 g/mol. The van der Waals surface area contributed by atoms with Crippen molar-refractivity contribution in [3.63, 3.8) is 0 Å². The summed E-state index contributed by atoms with van der Waals surface area (Å²) in [6.45, 7) is 8.05. The second kappa shape index (κ2) is 9.95. The number of nitrogens with one attached hydrogen (secondary N) is 1. The van der Waals surface area contributed by atoms with Crippen molar-refractivity contribution in [2.75, 3.05) is 6.54 Å². The van der Waals surface area contributed by atoms with Gasteiger partial charge in [0, 0.05) is 18.5 Å². The molecule has 176 valence electrons. The Labute approximate surface area is 185 Å². The van der Waals surface area contributed by atoms with Crippen molar-refractivity contribution >= 4 is 16.0 Å². The third-order valence-corrected chi connectivity index (χ3v) is 6.34. The van der Waals surface area contributed by atoms with Crippen LogP contribution in [-0.2, 0) is 24.7 Å². The van der Waals surface area contributed by atoms with Crippen molar-refractivity contribution in [1.82, 2.24) is 5.32 Å². The van der Waals surface area contributed by atoms with Crippen LogP contribution in [0.3, 0.4) is 0 Å². The SMILES string of the molecule is CC(C)(N)CNC(=O)CC1(C)CC2(CCCCC2)OO1.Cc1ccc(S(=O)(=O)O)cc1. The van der Waals surface area contributed by atoms with Crippen molar-refractivity contribution in [3.8, 4) is 0 Å². The number of hydrogen-bond donors (Lipinski definition) is 3. The molecule has 9 heteroatoms. The van der Waals surface area contributed by atoms with Crippen molar-refractivity contribution in [2.45, 2.75) is 94.3 Å². The minimum Gasteiger partial charge on any atom is -0.354 e. The molecule has 1 aliphatic carbocycles. The second-order valence-corrected chi connectivity index (χ2v) is 11.2. The molecule has 1 spiro atoms. The Morgan fingerprint density at radius 3 is 2.26 bits per heavy atom. The predicted octanol–water partition coefficient (Wildman–Crippen LogP) is 3.29. The van der Waals surface area contributed by atoms with Gasteiger partial charge < -0.3 is 11.1 Å². The molecule has 2 aliphatic rings. The zero-order valence-corrected chi connectivity index (χ0v) is 19.8. The van der Waals surface area contributed by atoms with E-state index in [0.717, 1.165) is 24.8 Å². The Morgan fingerprint density at radius 1 is 1.16 bits per heavy atom. The first-order valence-corrected chi connectivity index (χ1v) is 12.1. The van der Waals surface area contributed by atoms with Gasteiger partial charge in [-0.1, -0.05) is 37.0 Å². The zero-order chi connectivity index (χ0) is 23.3. The standard InChI is InChI=1S/C15H28N2O3.C7H8O3S/c1-13(2,16)11-17-12(18)9-14(3)10-15(20-19-14)7-5-4-6-8-15;1-6-2-4-7(5-3-6)11(8,9)10/h4-11,16H2,1-3H3,(H,17,18);2-5H,1H3,(H,8,9,10). The summed E-state index contributed by atoms with van der Waals surface area (Å²) < 4.78 is 29.6. The molecule has 0 aromatic heterocycles. The van der Waals surface area contributed by atoms with Crippen LogP contribution >= 0.6 is 0 Å². The minimum atomic E-state index is -4.02. The van der Waals surface area contributed by atoms with E-state index < -0.39 is 21.3 Å². The third kappa shape index (κ3) is 8.50. The number of carbonyl (C=O) groups is 1. The van der Waals surface area contributed by atoms with Crippen LogP contribution in [0.1, 0.15) is 71.3 Å². The van der Waals surface area contributed by atoms with Crippen LogP contribution in [0.2, 0.25) is 0 Å². The highest BCUT2D eigenvalue weighted by molar-refractivity contribution is 7.85. The van der Waals surface area contributed by atoms with Crippen LogP contribution in [0, 0.1) is 6.92 Å². The predicted molar refractivity (Wildman–Crippen MR) is 118 cm³/mol. The maximum absolute atomic E-state index is 12.0. The van der Waals surface area contributed by atoms with Gasteiger partial charge in [0.2, 0.25) is 5.91 Å². The molecule has 8 nitrogen and oxygen atoms in total. The molecule has 0 bridgehead atoms. The van der Waals surface area contributed by atoms with Gasteiger partial charge in [-0.2, -0.15) is 8.42 Å². The van der Waals surface area contributed by atoms with Gasteiger partial charge in [0.1, 0.15) is 11.2 Å². The highest BCUT2D eigenvalue weighted by Gasteiger charge is 2.50. The summed E-state index contributed by atoms with van der Waals surface area (Å²) in [5.41, 5.74) is 5.76. The number of rotatable bonds is 5. The van der Waals surface area contributed by atoms with E-state index in [4.69, 9.17) is 20.1 Å². The quantitative estimate of drug-likeness (QED) is 0.458. The van der Waals surface area contributed by atoms with Gasteiger partial charge in [-0.25, -0.2) is 9.78 Å². The molecule has 31 heavy (non-hydrogen) atoms. The van der Waals surface area contributed by atoms with E-state index in [2.05, 4.69) is 5.32 Å². The molecule has 1 aromatic carbocycles. The Morgan fingerprint density at radius 2 is 1.74 bits per heavy atom. The number of nitrogens with two attached hydrogens (primary N) is 1. The average Bonchev–Trinajstić information content (AvgIpc) is 2.96. The van der Waals surface area contributed by atoms with Crippen molar-refractivity contribution < 1.29 is 27.5 Å². The van der Waals surface area contributed by atoms with Crippen LogP contribution < -0.4 is 11.1 Å². The summed E-state index contributed by atoms with van der Waals surface area (Å²) in [6, 6.07) is 5.99. The molecule has 1 saturated heterocycles. The fourth-order valence-electron chi connectivity index (χ4n) is 3.92. The molecule has 0 radical (unpaired) electrons. The molecule has 1 saturated carbocycles. The van der Waals surface area contributed by atoms with E-state index in [1.807, 2.05) is 27.7 Å². The minimum absolute atomic E-state index is 0.0255. The summed E-state index contributed by atoms with van der Waals surface area (Å²) >= 11 is 0. The van der Waals surface area contributed by atoms with Crippen molar-refractivity contribution in [1.29, 1.82) is 0 Å². The smallest absolute Gasteiger partial charge is 0.294 e. The van der Waals surface area contributed by atoms with Crippen LogP contribution in [0.25, 0.3) is 0 Å². The maximum Gasteiger partial charge on any atom is 0.294 e. The van der Waals surface area contributed by atoms with Gasteiger partial charge in [-0.05, 0) is 52.7 Å². The summed E-state index contributed by atoms with van der Waals surface area (Å²) in [5, 5.41) is 2.87. The number of amides is 1. The molecule has 2 fully saturated rings. The van der Waals surface area contributed by atoms with Gasteiger partial charge in [0.05, 0.1) is 11.3 Å². The Bertz CT molecular complexity index is 842. The van der Waals surface area contributed by atoms with Crippen molar-refractivity contribution in [2.24, 2.45) is 5.73 Å². The molecule has 1 unspecified atom stereocenters. The van der Waals surface area contributed by atoms with Crippen LogP contribution in [0.15, 0.2) is 29.2 Å². The Balaban J connectivity index is 0.000000262. The third-order valence-electron chi connectivity index (χ3n) is 5.48. The van der Waals surface area contributed by atoms with Gasteiger partial charge in [0.25, 0.3) is 10.1 Å². The lowest BCUT2D eigenvalue weighted by Crippen LogP contribution is -2.46. The zero-order valence-electron chi connectivity index (χ0n) is 18.9. The highest BCUT2D eigenvalue weighted by atomic mass is 32.2. The molecule has 1 atom stereocenters. The monoisotopic (exact) mass is 456 g/mol. The van der Waals surface area contributed by atoms with E-state index in [-0.39, 0.29) is 16.4 Å². The number of carbonyl (C=O) groups excluding carboxylic acids is 1. The van der Waals surface area contributed by atoms with Gasteiger partial charge in [-0.15, -0.1) is 0 Å². The first-order valence-electron chi connectivity index (χ1n) is 10.7. The summed E-state index contributed by atoms with van der Waals surface area (Å²) in [5.74, 6) is -0.0255. The fraction of sp³-hybridized carbons (Fsp3) is 0.682. The summed E-state index contributed by atoms with van der Waals surface area (Å²) in [6.07, 6.45) is 6.86. The lowest BCUT2D eigenvalue weighted by Gasteiger charge is -2.30. The maximum atomic E-state index is 12.0. The first kappa shape index (κ1) is 25.7. The first-order chi connectivity index (χ1) is 14.2. The molecule has 1 heterocycles. The van der Waals surface area contributed by atoms with Crippen LogP contribution in [0.5, 0.6) is 0 Å². The van der Waals surface area contributed by atoms with E-state index >= 15 is 0 Å². The molecule has 1 amide bonds. The summed E-state index contributed by atoms with van der Waals surface area (Å²) in [4.78, 5) is 23.1. The van der Waals surface area contributed by atoms with E-state index in [1.165, 1.54) is 31.4 Å². The Hall–Kier alpha value is -1.52. The van der Waals surface area contributed by atoms with Gasteiger partial charge >= 0.3 is 0 Å². The second-order valence-electron chi connectivity index (χ2n) is 9.77.